The Bertz CT molecular complexity index is 997. The quantitative estimate of drug-likeness (QED) is 0.405. The minimum atomic E-state index is -0.347. The molecule has 9 heteroatoms. The van der Waals surface area contributed by atoms with Crippen molar-refractivity contribution < 1.29 is 13.7 Å². The molecule has 160 valence electrons. The fourth-order valence-corrected chi connectivity index (χ4v) is 3.71. The number of aromatic nitrogens is 4. The summed E-state index contributed by atoms with van der Waals surface area (Å²) in [6.07, 6.45) is 3.44. The van der Waals surface area contributed by atoms with Crippen molar-refractivity contribution in [3.05, 3.63) is 47.2 Å². The van der Waals surface area contributed by atoms with Crippen LogP contribution < -0.4 is 5.32 Å². The zero-order valence-corrected chi connectivity index (χ0v) is 18.4. The summed E-state index contributed by atoms with van der Waals surface area (Å²) in [5.74, 6) is 1.23. The summed E-state index contributed by atoms with van der Waals surface area (Å²) in [5.41, 5.74) is 1.41. The predicted octanol–water partition coefficient (Wildman–Crippen LogP) is 4.12. The van der Waals surface area contributed by atoms with Crippen LogP contribution in [0, 0.1) is 18.7 Å². The van der Waals surface area contributed by atoms with Gasteiger partial charge in [0.2, 0.25) is 0 Å². The van der Waals surface area contributed by atoms with Crippen LogP contribution in [0.5, 0.6) is 0 Å². The molecule has 1 N–H and O–H groups in total. The lowest BCUT2D eigenvalue weighted by atomic mass is 10.1. The van der Waals surface area contributed by atoms with E-state index >= 15 is 0 Å². The van der Waals surface area contributed by atoms with Crippen LogP contribution in [0.2, 0.25) is 0 Å². The molecule has 0 radical (unpaired) electrons. The first-order valence-corrected chi connectivity index (χ1v) is 11.1. The number of nitrogens with zero attached hydrogens (tertiary/aromatic N) is 4. The normalized spacial score (nSPS) is 11.3. The largest absolute Gasteiger partial charge is 0.360 e. The van der Waals surface area contributed by atoms with E-state index in [4.69, 9.17) is 4.52 Å². The molecular formula is C21H26FN5O2S. The molecule has 0 saturated carbocycles. The zero-order chi connectivity index (χ0) is 21.7. The van der Waals surface area contributed by atoms with Gasteiger partial charge in [-0.2, -0.15) is 0 Å². The Balaban J connectivity index is 1.62. The Hall–Kier alpha value is -2.68. The summed E-state index contributed by atoms with van der Waals surface area (Å²) < 4.78 is 20.6. The molecule has 2 heterocycles. The van der Waals surface area contributed by atoms with Crippen LogP contribution in [0.1, 0.15) is 42.2 Å². The van der Waals surface area contributed by atoms with Gasteiger partial charge >= 0.3 is 0 Å². The van der Waals surface area contributed by atoms with E-state index in [1.165, 1.54) is 12.1 Å². The third-order valence-electron chi connectivity index (χ3n) is 4.59. The number of nitrogens with one attached hydrogen (secondary N) is 1. The molecule has 0 aliphatic rings. The van der Waals surface area contributed by atoms with Gasteiger partial charge in [-0.3, -0.25) is 4.79 Å². The van der Waals surface area contributed by atoms with E-state index in [9.17, 15) is 9.18 Å². The lowest BCUT2D eigenvalue weighted by Crippen LogP contribution is -2.26. The smallest absolute Gasteiger partial charge is 0.257 e. The SMILES string of the molecule is CSc1nnc(CCCNC(=O)c2c(-c3ccc(F)cc3)noc2C)n1CC(C)C. The van der Waals surface area contributed by atoms with Gasteiger partial charge in [0.05, 0.1) is 0 Å². The van der Waals surface area contributed by atoms with Crippen molar-refractivity contribution in [1.29, 1.82) is 0 Å². The summed E-state index contributed by atoms with van der Waals surface area (Å²) in [5, 5.41) is 16.4. The van der Waals surface area contributed by atoms with E-state index in [1.54, 1.807) is 30.8 Å². The molecule has 0 unspecified atom stereocenters. The average molecular weight is 432 g/mol. The van der Waals surface area contributed by atoms with Crippen LogP contribution in [-0.2, 0) is 13.0 Å². The Morgan fingerprint density at radius 2 is 2.00 bits per heavy atom. The van der Waals surface area contributed by atoms with E-state index in [0.717, 1.165) is 23.9 Å². The highest BCUT2D eigenvalue weighted by Crippen LogP contribution is 2.25. The van der Waals surface area contributed by atoms with Crippen molar-refractivity contribution >= 4 is 17.7 Å². The number of aryl methyl sites for hydroxylation is 2. The summed E-state index contributed by atoms with van der Waals surface area (Å²) in [7, 11) is 0. The molecule has 3 aromatic rings. The number of rotatable bonds is 9. The summed E-state index contributed by atoms with van der Waals surface area (Å²) in [6, 6.07) is 5.82. The molecule has 0 spiro atoms. The maximum atomic E-state index is 13.2. The van der Waals surface area contributed by atoms with Crippen molar-refractivity contribution in [2.45, 2.75) is 45.3 Å². The van der Waals surface area contributed by atoms with Gasteiger partial charge in [-0.25, -0.2) is 4.39 Å². The zero-order valence-electron chi connectivity index (χ0n) is 17.6. The Kier molecular flexibility index (Phi) is 7.25. The van der Waals surface area contributed by atoms with Crippen LogP contribution in [0.25, 0.3) is 11.3 Å². The van der Waals surface area contributed by atoms with Gasteiger partial charge in [0.1, 0.15) is 28.7 Å². The molecule has 1 aromatic carbocycles. The number of amides is 1. The molecule has 30 heavy (non-hydrogen) atoms. The van der Waals surface area contributed by atoms with Crippen LogP contribution in [0.4, 0.5) is 4.39 Å². The molecule has 0 fully saturated rings. The standard InChI is InChI=1S/C21H26FN5O2S/c1-13(2)12-27-17(24-25-21(27)30-4)6-5-11-23-20(28)18-14(3)29-26-19(18)15-7-9-16(22)10-8-15/h7-10,13H,5-6,11-12H2,1-4H3,(H,23,28). The number of hydrogen-bond donors (Lipinski definition) is 1. The summed E-state index contributed by atoms with van der Waals surface area (Å²) in [4.78, 5) is 12.7. The highest BCUT2D eigenvalue weighted by atomic mass is 32.2. The molecule has 0 aliphatic heterocycles. The van der Waals surface area contributed by atoms with Crippen LogP contribution in [-0.4, -0.2) is 38.6 Å². The number of carbonyl (C=O) groups is 1. The highest BCUT2D eigenvalue weighted by molar-refractivity contribution is 7.98. The molecule has 0 aliphatic carbocycles. The van der Waals surface area contributed by atoms with Crippen molar-refractivity contribution in [1.82, 2.24) is 25.2 Å². The monoisotopic (exact) mass is 431 g/mol. The maximum Gasteiger partial charge on any atom is 0.257 e. The third kappa shape index (κ3) is 5.08. The van der Waals surface area contributed by atoms with E-state index < -0.39 is 0 Å². The van der Waals surface area contributed by atoms with Crippen molar-refractivity contribution in [2.24, 2.45) is 5.92 Å². The van der Waals surface area contributed by atoms with E-state index in [-0.39, 0.29) is 11.7 Å². The Morgan fingerprint density at radius 3 is 2.67 bits per heavy atom. The highest BCUT2D eigenvalue weighted by Gasteiger charge is 2.21. The van der Waals surface area contributed by atoms with Gasteiger partial charge in [0.15, 0.2) is 5.16 Å². The lowest BCUT2D eigenvalue weighted by Gasteiger charge is -2.11. The lowest BCUT2D eigenvalue weighted by molar-refractivity contribution is 0.0952. The molecule has 7 nitrogen and oxygen atoms in total. The Labute approximate surface area is 179 Å². The molecule has 0 atom stereocenters. The van der Waals surface area contributed by atoms with E-state index in [0.29, 0.717) is 41.5 Å². The van der Waals surface area contributed by atoms with Crippen LogP contribution >= 0.6 is 11.8 Å². The molecule has 3 rings (SSSR count). The molecular weight excluding hydrogens is 405 g/mol. The van der Waals surface area contributed by atoms with Crippen LogP contribution in [0.15, 0.2) is 33.9 Å². The summed E-state index contributed by atoms with van der Waals surface area (Å²) in [6.45, 7) is 7.36. The van der Waals surface area contributed by atoms with Crippen molar-refractivity contribution in [3.8, 4) is 11.3 Å². The minimum Gasteiger partial charge on any atom is -0.360 e. The molecule has 1 amide bonds. The van der Waals surface area contributed by atoms with Crippen molar-refractivity contribution in [2.75, 3.05) is 12.8 Å². The topological polar surface area (TPSA) is 85.8 Å². The fourth-order valence-electron chi connectivity index (χ4n) is 3.18. The van der Waals surface area contributed by atoms with Gasteiger partial charge in [-0.15, -0.1) is 10.2 Å². The third-order valence-corrected chi connectivity index (χ3v) is 5.26. The number of hydrogen-bond acceptors (Lipinski definition) is 6. The first kappa shape index (κ1) is 22.0. The fraction of sp³-hybridized carbons (Fsp3) is 0.429. The van der Waals surface area contributed by atoms with Gasteiger partial charge in [0, 0.05) is 25.1 Å². The van der Waals surface area contributed by atoms with Gasteiger partial charge < -0.3 is 14.4 Å². The summed E-state index contributed by atoms with van der Waals surface area (Å²) >= 11 is 1.58. The van der Waals surface area contributed by atoms with Crippen molar-refractivity contribution in [3.63, 3.8) is 0 Å². The minimum absolute atomic E-state index is 0.262. The second-order valence-electron chi connectivity index (χ2n) is 7.44. The second-order valence-corrected chi connectivity index (χ2v) is 8.21. The number of benzene rings is 1. The maximum absolute atomic E-state index is 13.2. The number of carbonyl (C=O) groups excluding carboxylic acids is 1. The van der Waals surface area contributed by atoms with Gasteiger partial charge in [0.25, 0.3) is 5.91 Å². The Morgan fingerprint density at radius 1 is 1.27 bits per heavy atom. The van der Waals surface area contributed by atoms with Gasteiger partial charge in [-0.1, -0.05) is 30.8 Å². The first-order valence-electron chi connectivity index (χ1n) is 9.87. The van der Waals surface area contributed by atoms with E-state index in [2.05, 4.69) is 39.1 Å². The second kappa shape index (κ2) is 9.88. The molecule has 0 saturated heterocycles. The van der Waals surface area contributed by atoms with Gasteiger partial charge in [-0.05, 0) is 49.8 Å². The molecule has 2 aromatic heterocycles. The predicted molar refractivity (Wildman–Crippen MR) is 114 cm³/mol. The van der Waals surface area contributed by atoms with E-state index in [1.807, 2.05) is 6.26 Å². The number of halogens is 1. The first-order chi connectivity index (χ1) is 14.4. The van der Waals surface area contributed by atoms with Crippen LogP contribution in [0.3, 0.4) is 0 Å². The number of thioether (sulfide) groups is 1. The average Bonchev–Trinajstić information content (AvgIpc) is 3.28. The molecule has 0 bridgehead atoms.